The zero-order valence-electron chi connectivity index (χ0n) is 9.40. The standard InChI is InChI=1S/C10H15N3O3/c1-3-11-10(15)8-4-5-9(14)13(12-8)6-7-16-2/h4-5H,3,6-7H2,1-2H3,(H,11,15). The smallest absolute Gasteiger partial charge is 0.271 e. The third-order valence-corrected chi connectivity index (χ3v) is 1.94. The van der Waals surface area contributed by atoms with Gasteiger partial charge in [0, 0.05) is 19.7 Å². The Morgan fingerprint density at radius 1 is 1.56 bits per heavy atom. The zero-order valence-corrected chi connectivity index (χ0v) is 9.40. The van der Waals surface area contributed by atoms with Crippen LogP contribution in [0.5, 0.6) is 0 Å². The summed E-state index contributed by atoms with van der Waals surface area (Å²) in [5.74, 6) is -0.284. The van der Waals surface area contributed by atoms with E-state index in [1.165, 1.54) is 16.8 Å². The maximum Gasteiger partial charge on any atom is 0.271 e. The fraction of sp³-hybridized carbons (Fsp3) is 0.500. The van der Waals surface area contributed by atoms with Crippen LogP contribution in [0.1, 0.15) is 17.4 Å². The summed E-state index contributed by atoms with van der Waals surface area (Å²) < 4.78 is 6.06. The SMILES string of the molecule is CCNC(=O)c1ccc(=O)n(CCOC)n1. The van der Waals surface area contributed by atoms with Gasteiger partial charge >= 0.3 is 0 Å². The number of methoxy groups -OCH3 is 1. The Kier molecular flexibility index (Phi) is 4.65. The number of nitrogens with zero attached hydrogens (tertiary/aromatic N) is 2. The lowest BCUT2D eigenvalue weighted by atomic mass is 10.3. The Morgan fingerprint density at radius 2 is 2.31 bits per heavy atom. The molecule has 1 rings (SSSR count). The molecule has 0 radical (unpaired) electrons. The molecule has 88 valence electrons. The maximum atomic E-state index is 11.5. The van der Waals surface area contributed by atoms with Crippen LogP contribution >= 0.6 is 0 Å². The van der Waals surface area contributed by atoms with Gasteiger partial charge in [0.05, 0.1) is 13.2 Å². The molecule has 6 nitrogen and oxygen atoms in total. The van der Waals surface area contributed by atoms with Crippen LogP contribution in [0.3, 0.4) is 0 Å². The first-order chi connectivity index (χ1) is 7.69. The fourth-order valence-electron chi connectivity index (χ4n) is 1.16. The first-order valence-electron chi connectivity index (χ1n) is 5.04. The minimum absolute atomic E-state index is 0.234. The van der Waals surface area contributed by atoms with Gasteiger partial charge in [0.15, 0.2) is 0 Å². The summed E-state index contributed by atoms with van der Waals surface area (Å²) in [6, 6.07) is 2.74. The number of ether oxygens (including phenoxy) is 1. The average Bonchev–Trinajstić information content (AvgIpc) is 2.28. The van der Waals surface area contributed by atoms with Crippen molar-refractivity contribution in [1.29, 1.82) is 0 Å². The van der Waals surface area contributed by atoms with Gasteiger partial charge in [0.2, 0.25) is 0 Å². The molecule has 16 heavy (non-hydrogen) atoms. The molecule has 0 aliphatic carbocycles. The highest BCUT2D eigenvalue weighted by Crippen LogP contribution is 1.90. The van der Waals surface area contributed by atoms with E-state index in [1.54, 1.807) is 7.11 Å². The normalized spacial score (nSPS) is 10.1. The Balaban J connectivity index is 2.88. The quantitative estimate of drug-likeness (QED) is 0.742. The molecule has 0 aliphatic rings. The highest BCUT2D eigenvalue weighted by Gasteiger charge is 2.07. The molecule has 1 amide bonds. The van der Waals surface area contributed by atoms with Crippen molar-refractivity contribution in [1.82, 2.24) is 15.1 Å². The van der Waals surface area contributed by atoms with Crippen molar-refractivity contribution in [2.75, 3.05) is 20.3 Å². The molecule has 0 atom stereocenters. The summed E-state index contributed by atoms with van der Waals surface area (Å²) in [4.78, 5) is 22.8. The van der Waals surface area contributed by atoms with Crippen LogP contribution in [-0.2, 0) is 11.3 Å². The number of carbonyl (C=O) groups is 1. The minimum Gasteiger partial charge on any atom is -0.383 e. The Bertz CT molecular complexity index is 414. The van der Waals surface area contributed by atoms with Crippen molar-refractivity contribution in [3.05, 3.63) is 28.2 Å². The molecule has 0 spiro atoms. The van der Waals surface area contributed by atoms with Gasteiger partial charge in [-0.1, -0.05) is 0 Å². The maximum absolute atomic E-state index is 11.5. The topological polar surface area (TPSA) is 73.2 Å². The zero-order chi connectivity index (χ0) is 12.0. The Hall–Kier alpha value is -1.69. The van der Waals surface area contributed by atoms with Gasteiger partial charge in [-0.15, -0.1) is 0 Å². The molecule has 0 saturated heterocycles. The molecule has 0 fully saturated rings. The third-order valence-electron chi connectivity index (χ3n) is 1.94. The predicted octanol–water partition coefficient (Wildman–Crippen LogP) is -0.361. The third kappa shape index (κ3) is 3.16. The Morgan fingerprint density at radius 3 is 2.94 bits per heavy atom. The van der Waals surface area contributed by atoms with Crippen LogP contribution in [-0.4, -0.2) is 35.9 Å². The van der Waals surface area contributed by atoms with E-state index < -0.39 is 0 Å². The molecular weight excluding hydrogens is 210 g/mol. The van der Waals surface area contributed by atoms with Crippen molar-refractivity contribution >= 4 is 5.91 Å². The largest absolute Gasteiger partial charge is 0.383 e. The summed E-state index contributed by atoms with van der Waals surface area (Å²) >= 11 is 0. The van der Waals surface area contributed by atoms with E-state index in [2.05, 4.69) is 10.4 Å². The van der Waals surface area contributed by atoms with E-state index in [0.717, 1.165) is 0 Å². The van der Waals surface area contributed by atoms with Gasteiger partial charge in [0.25, 0.3) is 11.5 Å². The highest BCUT2D eigenvalue weighted by atomic mass is 16.5. The lowest BCUT2D eigenvalue weighted by Crippen LogP contribution is -2.30. The number of carbonyl (C=O) groups excluding carboxylic acids is 1. The number of amides is 1. The van der Waals surface area contributed by atoms with E-state index >= 15 is 0 Å². The number of hydrogen-bond acceptors (Lipinski definition) is 4. The molecule has 1 aromatic heterocycles. The number of aromatic nitrogens is 2. The van der Waals surface area contributed by atoms with E-state index in [-0.39, 0.29) is 17.2 Å². The van der Waals surface area contributed by atoms with Gasteiger partial charge in [-0.3, -0.25) is 9.59 Å². The van der Waals surface area contributed by atoms with Gasteiger partial charge in [-0.05, 0) is 13.0 Å². The molecule has 0 saturated carbocycles. The molecule has 0 aromatic carbocycles. The van der Waals surface area contributed by atoms with Gasteiger partial charge < -0.3 is 10.1 Å². The highest BCUT2D eigenvalue weighted by molar-refractivity contribution is 5.91. The summed E-state index contributed by atoms with van der Waals surface area (Å²) in [5, 5.41) is 6.56. The molecule has 0 unspecified atom stereocenters. The fourth-order valence-corrected chi connectivity index (χ4v) is 1.16. The number of nitrogens with one attached hydrogen (secondary N) is 1. The number of rotatable bonds is 5. The van der Waals surface area contributed by atoms with Gasteiger partial charge in [-0.25, -0.2) is 4.68 Å². The van der Waals surface area contributed by atoms with E-state index in [1.807, 2.05) is 6.92 Å². The van der Waals surface area contributed by atoms with Crippen LogP contribution in [0.2, 0.25) is 0 Å². The summed E-state index contributed by atoms with van der Waals surface area (Å²) in [5.41, 5.74) is -0.0114. The Labute approximate surface area is 93.2 Å². The minimum atomic E-state index is -0.284. The van der Waals surface area contributed by atoms with Crippen molar-refractivity contribution in [3.8, 4) is 0 Å². The van der Waals surface area contributed by atoms with Crippen molar-refractivity contribution in [3.63, 3.8) is 0 Å². The second-order valence-electron chi connectivity index (χ2n) is 3.13. The second kappa shape index (κ2) is 6.02. The van der Waals surface area contributed by atoms with E-state index in [0.29, 0.717) is 19.7 Å². The van der Waals surface area contributed by atoms with Crippen molar-refractivity contribution in [2.24, 2.45) is 0 Å². The first-order valence-corrected chi connectivity index (χ1v) is 5.04. The molecular formula is C10H15N3O3. The molecule has 0 bridgehead atoms. The lowest BCUT2D eigenvalue weighted by Gasteiger charge is -2.06. The van der Waals surface area contributed by atoms with Gasteiger partial charge in [-0.2, -0.15) is 5.10 Å². The summed E-state index contributed by atoms with van der Waals surface area (Å²) in [6.45, 7) is 3.06. The van der Waals surface area contributed by atoms with E-state index in [4.69, 9.17) is 4.74 Å². The lowest BCUT2D eigenvalue weighted by molar-refractivity contribution is 0.0947. The van der Waals surface area contributed by atoms with Crippen LogP contribution in [0.25, 0.3) is 0 Å². The van der Waals surface area contributed by atoms with Crippen molar-refractivity contribution in [2.45, 2.75) is 13.5 Å². The van der Waals surface area contributed by atoms with Crippen LogP contribution in [0.15, 0.2) is 16.9 Å². The van der Waals surface area contributed by atoms with Gasteiger partial charge in [0.1, 0.15) is 5.69 Å². The van der Waals surface area contributed by atoms with E-state index in [9.17, 15) is 9.59 Å². The summed E-state index contributed by atoms with van der Waals surface area (Å²) in [6.07, 6.45) is 0. The second-order valence-corrected chi connectivity index (χ2v) is 3.13. The molecule has 1 heterocycles. The van der Waals surface area contributed by atoms with Crippen LogP contribution in [0, 0.1) is 0 Å². The van der Waals surface area contributed by atoms with Crippen LogP contribution in [0.4, 0.5) is 0 Å². The summed E-state index contributed by atoms with van der Waals surface area (Å²) in [7, 11) is 1.54. The predicted molar refractivity (Wildman–Crippen MR) is 58.4 cm³/mol. The molecule has 1 N–H and O–H groups in total. The molecule has 0 aliphatic heterocycles. The van der Waals surface area contributed by atoms with Crippen LogP contribution < -0.4 is 10.9 Å². The molecule has 1 aromatic rings. The van der Waals surface area contributed by atoms with Crippen molar-refractivity contribution < 1.29 is 9.53 Å². The number of hydrogen-bond donors (Lipinski definition) is 1. The average molecular weight is 225 g/mol. The first kappa shape index (κ1) is 12.4. The molecule has 6 heteroatoms. The monoisotopic (exact) mass is 225 g/mol.